The number of anilines is 2. The molecule has 3 N–H and O–H groups in total. The SMILES string of the molecule is OC(c1cccc(C(F)(F)F)c1)c1nc(Nc2cccnc2)n[nH]1. The molecule has 0 aliphatic carbocycles. The number of nitrogens with one attached hydrogen (secondary N) is 2. The minimum atomic E-state index is -4.48. The van der Waals surface area contributed by atoms with Crippen molar-refractivity contribution in [1.29, 1.82) is 0 Å². The Hall–Kier alpha value is -2.94. The number of benzene rings is 1. The van der Waals surface area contributed by atoms with Crippen molar-refractivity contribution >= 4 is 11.6 Å². The summed E-state index contributed by atoms with van der Waals surface area (Å²) in [6.45, 7) is 0. The van der Waals surface area contributed by atoms with Crippen molar-refractivity contribution < 1.29 is 18.3 Å². The van der Waals surface area contributed by atoms with E-state index in [0.29, 0.717) is 5.69 Å². The van der Waals surface area contributed by atoms with Gasteiger partial charge in [0.2, 0.25) is 5.95 Å². The average Bonchev–Trinajstić information content (AvgIpc) is 3.03. The molecule has 124 valence electrons. The van der Waals surface area contributed by atoms with Crippen LogP contribution >= 0.6 is 0 Å². The van der Waals surface area contributed by atoms with Crippen LogP contribution in [0, 0.1) is 0 Å². The third kappa shape index (κ3) is 3.51. The molecule has 0 amide bonds. The summed E-state index contributed by atoms with van der Waals surface area (Å²) in [5.41, 5.74) is -0.141. The number of hydrogen-bond acceptors (Lipinski definition) is 5. The number of aromatic amines is 1. The van der Waals surface area contributed by atoms with Gasteiger partial charge in [0, 0.05) is 6.20 Å². The number of halogens is 3. The maximum Gasteiger partial charge on any atom is 0.416 e. The first kappa shape index (κ1) is 15.9. The molecule has 0 saturated carbocycles. The topological polar surface area (TPSA) is 86.7 Å². The number of aromatic nitrogens is 4. The molecule has 1 unspecified atom stereocenters. The molecule has 0 aliphatic rings. The van der Waals surface area contributed by atoms with Gasteiger partial charge in [0.15, 0.2) is 5.82 Å². The number of aliphatic hydroxyl groups excluding tert-OH is 1. The Morgan fingerprint density at radius 2 is 2.00 bits per heavy atom. The zero-order valence-electron chi connectivity index (χ0n) is 12.1. The molecule has 24 heavy (non-hydrogen) atoms. The van der Waals surface area contributed by atoms with E-state index in [0.717, 1.165) is 12.1 Å². The summed E-state index contributed by atoms with van der Waals surface area (Å²) < 4.78 is 38.2. The van der Waals surface area contributed by atoms with E-state index >= 15 is 0 Å². The molecule has 3 rings (SSSR count). The van der Waals surface area contributed by atoms with Crippen LogP contribution in [0.5, 0.6) is 0 Å². The van der Waals surface area contributed by atoms with Crippen molar-refractivity contribution in [3.8, 4) is 0 Å². The van der Waals surface area contributed by atoms with Crippen LogP contribution in [-0.2, 0) is 6.18 Å². The number of nitrogens with zero attached hydrogens (tertiary/aromatic N) is 3. The Morgan fingerprint density at radius 3 is 2.71 bits per heavy atom. The van der Waals surface area contributed by atoms with Gasteiger partial charge in [-0.05, 0) is 29.8 Å². The van der Waals surface area contributed by atoms with E-state index in [4.69, 9.17) is 0 Å². The van der Waals surface area contributed by atoms with Crippen LogP contribution in [0.1, 0.15) is 23.1 Å². The van der Waals surface area contributed by atoms with Crippen molar-refractivity contribution in [2.45, 2.75) is 12.3 Å². The fourth-order valence-corrected chi connectivity index (χ4v) is 2.06. The van der Waals surface area contributed by atoms with Crippen molar-refractivity contribution in [2.24, 2.45) is 0 Å². The molecule has 1 aromatic carbocycles. The van der Waals surface area contributed by atoms with E-state index in [2.05, 4.69) is 25.5 Å². The Kier molecular flexibility index (Phi) is 4.17. The first-order valence-corrected chi connectivity index (χ1v) is 6.88. The summed E-state index contributed by atoms with van der Waals surface area (Å²) in [5.74, 6) is 0.199. The smallest absolute Gasteiger partial charge is 0.380 e. The predicted octanol–water partition coefficient (Wildman–Crippen LogP) is 3.04. The Labute approximate surface area is 134 Å². The molecule has 0 radical (unpaired) electrons. The van der Waals surface area contributed by atoms with Gasteiger partial charge in [-0.2, -0.15) is 18.2 Å². The van der Waals surface area contributed by atoms with Crippen LogP contribution in [0.25, 0.3) is 0 Å². The van der Waals surface area contributed by atoms with Crippen LogP contribution in [0.2, 0.25) is 0 Å². The van der Waals surface area contributed by atoms with Gasteiger partial charge < -0.3 is 10.4 Å². The predicted molar refractivity (Wildman–Crippen MR) is 79.4 cm³/mol. The highest BCUT2D eigenvalue weighted by Crippen LogP contribution is 2.31. The van der Waals surface area contributed by atoms with Crippen LogP contribution in [0.15, 0.2) is 48.8 Å². The van der Waals surface area contributed by atoms with Crippen molar-refractivity contribution in [3.05, 3.63) is 65.7 Å². The van der Waals surface area contributed by atoms with E-state index < -0.39 is 17.8 Å². The quantitative estimate of drug-likeness (QED) is 0.682. The average molecular weight is 335 g/mol. The molecule has 2 heterocycles. The van der Waals surface area contributed by atoms with Gasteiger partial charge in [-0.15, -0.1) is 5.10 Å². The standard InChI is InChI=1S/C15H12F3N5O/c16-15(17,18)10-4-1-3-9(7-10)12(24)13-21-14(23-22-13)20-11-5-2-6-19-8-11/h1-8,12,24H,(H2,20,21,22,23). The first-order chi connectivity index (χ1) is 11.4. The molecule has 0 spiro atoms. The molecule has 0 bridgehead atoms. The maximum absolute atomic E-state index is 12.7. The minimum absolute atomic E-state index is 0.0284. The summed E-state index contributed by atoms with van der Waals surface area (Å²) in [7, 11) is 0. The Balaban J connectivity index is 1.80. The van der Waals surface area contributed by atoms with Crippen molar-refractivity contribution in [1.82, 2.24) is 20.2 Å². The molecule has 0 fully saturated rings. The third-order valence-corrected chi connectivity index (χ3v) is 3.21. The molecule has 3 aromatic rings. The largest absolute Gasteiger partial charge is 0.416 e. The van der Waals surface area contributed by atoms with Gasteiger partial charge in [0.25, 0.3) is 0 Å². The van der Waals surface area contributed by atoms with Gasteiger partial charge in [0.1, 0.15) is 6.10 Å². The highest BCUT2D eigenvalue weighted by molar-refractivity contribution is 5.50. The molecular formula is C15H12F3N5O. The summed E-state index contributed by atoms with van der Waals surface area (Å²) in [6.07, 6.45) is -2.68. The van der Waals surface area contributed by atoms with Gasteiger partial charge in [-0.25, -0.2) is 0 Å². The number of rotatable bonds is 4. The minimum Gasteiger partial charge on any atom is -0.380 e. The second-order valence-corrected chi connectivity index (χ2v) is 4.94. The molecule has 6 nitrogen and oxygen atoms in total. The van der Waals surface area contributed by atoms with Gasteiger partial charge in [0.05, 0.1) is 17.4 Å². The van der Waals surface area contributed by atoms with E-state index in [1.165, 1.54) is 12.1 Å². The fourth-order valence-electron chi connectivity index (χ4n) is 2.06. The molecule has 2 aromatic heterocycles. The number of pyridine rings is 1. The molecule has 9 heteroatoms. The number of aliphatic hydroxyl groups is 1. The number of hydrogen-bond donors (Lipinski definition) is 3. The van der Waals surface area contributed by atoms with E-state index in [1.807, 2.05) is 0 Å². The monoisotopic (exact) mass is 335 g/mol. The fraction of sp³-hybridized carbons (Fsp3) is 0.133. The first-order valence-electron chi connectivity index (χ1n) is 6.88. The molecule has 1 atom stereocenters. The van der Waals surface area contributed by atoms with Crippen LogP contribution in [-0.4, -0.2) is 25.3 Å². The third-order valence-electron chi connectivity index (χ3n) is 3.21. The lowest BCUT2D eigenvalue weighted by atomic mass is 10.1. The van der Waals surface area contributed by atoms with Crippen molar-refractivity contribution in [3.63, 3.8) is 0 Å². The van der Waals surface area contributed by atoms with Crippen molar-refractivity contribution in [2.75, 3.05) is 5.32 Å². The zero-order valence-corrected chi connectivity index (χ0v) is 12.1. The van der Waals surface area contributed by atoms with E-state index in [9.17, 15) is 18.3 Å². The van der Waals surface area contributed by atoms with Crippen LogP contribution < -0.4 is 5.32 Å². The van der Waals surface area contributed by atoms with Gasteiger partial charge >= 0.3 is 6.18 Å². The van der Waals surface area contributed by atoms with Crippen LogP contribution in [0.4, 0.5) is 24.8 Å². The number of alkyl halides is 3. The normalized spacial score (nSPS) is 12.8. The lowest BCUT2D eigenvalue weighted by Crippen LogP contribution is -2.08. The Morgan fingerprint density at radius 1 is 1.17 bits per heavy atom. The molecule has 0 aliphatic heterocycles. The lowest BCUT2D eigenvalue weighted by molar-refractivity contribution is -0.137. The number of H-pyrrole nitrogens is 1. The van der Waals surface area contributed by atoms with E-state index in [1.54, 1.807) is 24.5 Å². The second kappa shape index (κ2) is 6.28. The summed E-state index contributed by atoms with van der Waals surface area (Å²) in [5, 5.41) is 19.5. The summed E-state index contributed by atoms with van der Waals surface area (Å²) >= 11 is 0. The highest BCUT2D eigenvalue weighted by atomic mass is 19.4. The second-order valence-electron chi connectivity index (χ2n) is 4.94. The lowest BCUT2D eigenvalue weighted by Gasteiger charge is -2.11. The summed E-state index contributed by atoms with van der Waals surface area (Å²) in [6, 6.07) is 7.89. The van der Waals surface area contributed by atoms with Gasteiger partial charge in [-0.3, -0.25) is 10.1 Å². The van der Waals surface area contributed by atoms with Crippen LogP contribution in [0.3, 0.4) is 0 Å². The van der Waals surface area contributed by atoms with Gasteiger partial charge in [-0.1, -0.05) is 12.1 Å². The summed E-state index contributed by atoms with van der Waals surface area (Å²) in [4.78, 5) is 7.96. The molecular weight excluding hydrogens is 323 g/mol. The molecule has 0 saturated heterocycles. The van der Waals surface area contributed by atoms with E-state index in [-0.39, 0.29) is 17.3 Å². The zero-order chi connectivity index (χ0) is 17.2. The Bertz CT molecular complexity index is 819. The maximum atomic E-state index is 12.7. The highest BCUT2D eigenvalue weighted by Gasteiger charge is 2.31.